The molecule has 0 saturated heterocycles. The first-order valence-electron chi connectivity index (χ1n) is 7.95. The summed E-state index contributed by atoms with van der Waals surface area (Å²) in [7, 11) is 0. The predicted octanol–water partition coefficient (Wildman–Crippen LogP) is 5.90. The van der Waals surface area contributed by atoms with Gasteiger partial charge in [0.1, 0.15) is 0 Å². The lowest BCUT2D eigenvalue weighted by atomic mass is 9.76. The molecule has 1 nitrogen and oxygen atoms in total. The molecule has 0 radical (unpaired) electrons. The van der Waals surface area contributed by atoms with Crippen molar-refractivity contribution in [3.8, 4) is 18.4 Å². The third kappa shape index (κ3) is 4.10. The molecule has 0 aliphatic heterocycles. The van der Waals surface area contributed by atoms with Crippen molar-refractivity contribution in [3.05, 3.63) is 71.8 Å². The largest absolute Gasteiger partial charge is 0.197 e. The monoisotopic (exact) mass is 331 g/mol. The molecule has 0 aliphatic carbocycles. The molecule has 0 spiro atoms. The van der Waals surface area contributed by atoms with Gasteiger partial charge in [-0.05, 0) is 44.0 Å². The van der Waals surface area contributed by atoms with Gasteiger partial charge in [0.15, 0.2) is 0 Å². The molecule has 0 bridgehead atoms. The summed E-state index contributed by atoms with van der Waals surface area (Å²) < 4.78 is 0. The second kappa shape index (κ2) is 8.44. The summed E-state index contributed by atoms with van der Waals surface area (Å²) in [6.45, 7) is 4.04. The molecule has 1 unspecified atom stereocenters. The Bertz CT molecular complexity index is 790. The van der Waals surface area contributed by atoms with Crippen LogP contribution in [0.5, 0.6) is 0 Å². The van der Waals surface area contributed by atoms with E-state index in [-0.39, 0.29) is 0 Å². The molecular formula is C22H21NS. The number of allylic oxidation sites excluding steroid dienone is 2. The van der Waals surface area contributed by atoms with E-state index in [4.69, 9.17) is 6.42 Å². The number of nitrogens with zero attached hydrogens (tertiary/aromatic N) is 1. The Kier molecular flexibility index (Phi) is 6.30. The van der Waals surface area contributed by atoms with Gasteiger partial charge in [0, 0.05) is 16.2 Å². The average Bonchev–Trinajstić information content (AvgIpc) is 2.61. The Morgan fingerprint density at radius 3 is 2.50 bits per heavy atom. The maximum absolute atomic E-state index is 9.93. The minimum absolute atomic E-state index is 0.402. The standard InChI is InChI=1S/C22H21NS/c1-4-6-16-22(17-23,15-5-2)20-9-7-8-10-21(20)24-19-13-11-18(3)12-14-19/h2,4,6-14H,15-16H2,1,3H3/b6-4+. The van der Waals surface area contributed by atoms with Crippen LogP contribution in [0.3, 0.4) is 0 Å². The second-order valence-electron chi connectivity index (χ2n) is 5.76. The van der Waals surface area contributed by atoms with Crippen molar-refractivity contribution in [2.45, 2.75) is 41.9 Å². The lowest BCUT2D eigenvalue weighted by Gasteiger charge is -2.26. The van der Waals surface area contributed by atoms with Crippen LogP contribution in [-0.2, 0) is 5.41 Å². The first-order valence-corrected chi connectivity index (χ1v) is 8.77. The third-order valence-corrected chi connectivity index (χ3v) is 5.06. The minimum atomic E-state index is -0.685. The van der Waals surface area contributed by atoms with Crippen molar-refractivity contribution in [2.24, 2.45) is 0 Å². The van der Waals surface area contributed by atoms with Gasteiger partial charge in [-0.25, -0.2) is 0 Å². The average molecular weight is 331 g/mol. The topological polar surface area (TPSA) is 23.8 Å². The number of hydrogen-bond acceptors (Lipinski definition) is 2. The van der Waals surface area contributed by atoms with Gasteiger partial charge in [0.05, 0.1) is 11.5 Å². The van der Waals surface area contributed by atoms with E-state index in [2.05, 4.69) is 49.2 Å². The molecule has 0 aromatic heterocycles. The van der Waals surface area contributed by atoms with E-state index in [1.165, 1.54) is 5.56 Å². The molecule has 0 heterocycles. The fourth-order valence-corrected chi connectivity index (χ4v) is 3.65. The summed E-state index contributed by atoms with van der Waals surface area (Å²) >= 11 is 1.68. The smallest absolute Gasteiger partial charge is 0.0976 e. The normalized spacial score (nSPS) is 13.2. The minimum Gasteiger partial charge on any atom is -0.197 e. The highest BCUT2D eigenvalue weighted by Gasteiger charge is 2.32. The molecule has 24 heavy (non-hydrogen) atoms. The predicted molar refractivity (Wildman–Crippen MR) is 102 cm³/mol. The molecule has 2 aromatic carbocycles. The summed E-state index contributed by atoms with van der Waals surface area (Å²) in [4.78, 5) is 2.24. The molecule has 0 N–H and O–H groups in total. The van der Waals surface area contributed by atoms with E-state index in [9.17, 15) is 5.26 Å². The van der Waals surface area contributed by atoms with Crippen LogP contribution in [0, 0.1) is 30.6 Å². The fourth-order valence-electron chi connectivity index (χ4n) is 2.60. The number of benzene rings is 2. The van der Waals surface area contributed by atoms with Crippen molar-refractivity contribution in [1.82, 2.24) is 0 Å². The van der Waals surface area contributed by atoms with Crippen LogP contribution in [0.25, 0.3) is 0 Å². The lowest BCUT2D eigenvalue weighted by Crippen LogP contribution is -2.23. The van der Waals surface area contributed by atoms with Crippen molar-refractivity contribution in [2.75, 3.05) is 0 Å². The van der Waals surface area contributed by atoms with E-state index >= 15 is 0 Å². The highest BCUT2D eigenvalue weighted by molar-refractivity contribution is 7.99. The lowest BCUT2D eigenvalue weighted by molar-refractivity contribution is 0.563. The SMILES string of the molecule is C#CCC(C#N)(C/C=C/C)c1ccccc1Sc1ccc(C)cc1. The van der Waals surface area contributed by atoms with Crippen molar-refractivity contribution in [3.63, 3.8) is 0 Å². The quantitative estimate of drug-likeness (QED) is 0.486. The summed E-state index contributed by atoms with van der Waals surface area (Å²) in [5, 5.41) is 9.93. The third-order valence-electron chi connectivity index (χ3n) is 3.97. The molecule has 1 atom stereocenters. The molecular weight excluding hydrogens is 310 g/mol. The van der Waals surface area contributed by atoms with Crippen LogP contribution in [0.2, 0.25) is 0 Å². The van der Waals surface area contributed by atoms with Crippen molar-refractivity contribution < 1.29 is 0 Å². The van der Waals surface area contributed by atoms with Crippen molar-refractivity contribution >= 4 is 11.8 Å². The first kappa shape index (κ1) is 17.9. The van der Waals surface area contributed by atoms with Crippen LogP contribution in [0.1, 0.15) is 30.9 Å². The first-order chi connectivity index (χ1) is 11.6. The molecule has 0 amide bonds. The van der Waals surface area contributed by atoms with Crippen LogP contribution in [-0.4, -0.2) is 0 Å². The van der Waals surface area contributed by atoms with Crippen molar-refractivity contribution in [1.29, 1.82) is 5.26 Å². The fraction of sp³-hybridized carbons (Fsp3) is 0.227. The number of terminal acetylenes is 1. The molecule has 2 rings (SSSR count). The highest BCUT2D eigenvalue weighted by Crippen LogP contribution is 2.40. The molecule has 2 heteroatoms. The van der Waals surface area contributed by atoms with Crippen LogP contribution in [0.4, 0.5) is 0 Å². The Morgan fingerprint density at radius 1 is 1.17 bits per heavy atom. The zero-order valence-corrected chi connectivity index (χ0v) is 14.9. The van der Waals surface area contributed by atoms with Gasteiger partial charge in [-0.2, -0.15) is 5.26 Å². The summed E-state index contributed by atoms with van der Waals surface area (Å²) in [6, 6.07) is 19.0. The molecule has 120 valence electrons. The van der Waals surface area contributed by atoms with E-state index in [0.29, 0.717) is 12.8 Å². The van der Waals surface area contributed by atoms with E-state index < -0.39 is 5.41 Å². The van der Waals surface area contributed by atoms with Gasteiger partial charge in [-0.3, -0.25) is 0 Å². The summed E-state index contributed by atoms with van der Waals surface area (Å²) in [6.07, 6.45) is 10.6. The summed E-state index contributed by atoms with van der Waals surface area (Å²) in [5.41, 5.74) is 1.56. The number of hydrogen-bond donors (Lipinski definition) is 0. The molecule has 0 saturated carbocycles. The second-order valence-corrected chi connectivity index (χ2v) is 6.87. The van der Waals surface area contributed by atoms with Gasteiger partial charge in [0.2, 0.25) is 0 Å². The van der Waals surface area contributed by atoms with E-state index in [1.54, 1.807) is 11.8 Å². The number of nitriles is 1. The molecule has 0 aliphatic rings. The molecule has 2 aromatic rings. The Balaban J connectivity index is 2.47. The van der Waals surface area contributed by atoms with Gasteiger partial charge in [0.25, 0.3) is 0 Å². The Hall–Kier alpha value is -2.42. The Morgan fingerprint density at radius 2 is 1.88 bits per heavy atom. The van der Waals surface area contributed by atoms with Gasteiger partial charge >= 0.3 is 0 Å². The number of aryl methyl sites for hydroxylation is 1. The van der Waals surface area contributed by atoms with Gasteiger partial charge in [-0.15, -0.1) is 12.3 Å². The van der Waals surface area contributed by atoms with Gasteiger partial charge < -0.3 is 0 Å². The van der Waals surface area contributed by atoms with E-state index in [1.807, 2.05) is 37.3 Å². The zero-order chi connectivity index (χ0) is 17.4. The van der Waals surface area contributed by atoms with Gasteiger partial charge in [-0.1, -0.05) is 59.8 Å². The van der Waals surface area contributed by atoms with E-state index in [0.717, 1.165) is 15.4 Å². The maximum Gasteiger partial charge on any atom is 0.0976 e. The number of rotatable bonds is 6. The molecule has 0 fully saturated rings. The Labute approximate surface area is 149 Å². The van der Waals surface area contributed by atoms with Crippen LogP contribution in [0.15, 0.2) is 70.5 Å². The van der Waals surface area contributed by atoms with Crippen LogP contribution < -0.4 is 0 Å². The zero-order valence-electron chi connectivity index (χ0n) is 14.1. The maximum atomic E-state index is 9.93. The highest BCUT2D eigenvalue weighted by atomic mass is 32.2. The van der Waals surface area contributed by atoms with Crippen LogP contribution >= 0.6 is 11.8 Å². The summed E-state index contributed by atoms with van der Waals surface area (Å²) in [5.74, 6) is 2.70.